The van der Waals surface area contributed by atoms with Crippen molar-refractivity contribution >= 4 is 29.2 Å². The van der Waals surface area contributed by atoms with E-state index in [2.05, 4.69) is 10.5 Å². The van der Waals surface area contributed by atoms with Gasteiger partial charge in [0.05, 0.1) is 17.5 Å². The Morgan fingerprint density at radius 2 is 2.12 bits per heavy atom. The van der Waals surface area contributed by atoms with Crippen LogP contribution in [0.25, 0.3) is 0 Å². The highest BCUT2D eigenvalue weighted by Gasteiger charge is 2.07. The average molecular weight is 246 g/mol. The molecule has 1 aromatic heterocycles. The van der Waals surface area contributed by atoms with E-state index < -0.39 is 5.97 Å². The normalized spacial score (nSPS) is 10.6. The molecule has 0 radical (unpaired) electrons. The fourth-order valence-electron chi connectivity index (χ4n) is 1.30. The van der Waals surface area contributed by atoms with E-state index in [0.717, 1.165) is 4.88 Å². The molecule has 0 aliphatic heterocycles. The van der Waals surface area contributed by atoms with Crippen LogP contribution in [0.5, 0.6) is 0 Å². The summed E-state index contributed by atoms with van der Waals surface area (Å²) in [6, 6.07) is 10.5. The van der Waals surface area contributed by atoms with Crippen molar-refractivity contribution in [3.05, 3.63) is 52.2 Å². The zero-order chi connectivity index (χ0) is 12.1. The lowest BCUT2D eigenvalue weighted by atomic mass is 10.2. The minimum Gasteiger partial charge on any atom is -0.478 e. The highest BCUT2D eigenvalue weighted by Crippen LogP contribution is 2.14. The molecule has 0 saturated heterocycles. The number of hydrazone groups is 1. The lowest BCUT2D eigenvalue weighted by Gasteiger charge is -2.03. The largest absolute Gasteiger partial charge is 0.478 e. The molecule has 4 nitrogen and oxygen atoms in total. The number of hydrogen-bond donors (Lipinski definition) is 2. The Kier molecular flexibility index (Phi) is 3.52. The Morgan fingerprint density at radius 3 is 2.82 bits per heavy atom. The molecule has 1 aromatic carbocycles. The summed E-state index contributed by atoms with van der Waals surface area (Å²) in [5.41, 5.74) is 3.41. The van der Waals surface area contributed by atoms with Crippen LogP contribution in [0.4, 0.5) is 5.69 Å². The van der Waals surface area contributed by atoms with Crippen molar-refractivity contribution in [2.24, 2.45) is 5.10 Å². The van der Waals surface area contributed by atoms with E-state index >= 15 is 0 Å². The fraction of sp³-hybridized carbons (Fsp3) is 0. The third-order valence-corrected chi connectivity index (χ3v) is 2.88. The standard InChI is InChI=1S/C12H10N2O2S/c15-12(16)10-5-1-2-6-11(10)14-13-8-9-4-3-7-17-9/h1-8,14H,(H,15,16)/b13-8+. The highest BCUT2D eigenvalue weighted by molar-refractivity contribution is 7.11. The first kappa shape index (κ1) is 11.3. The molecule has 0 aliphatic carbocycles. The molecule has 0 spiro atoms. The number of nitrogens with zero attached hydrogens (tertiary/aromatic N) is 1. The van der Waals surface area contributed by atoms with Crippen LogP contribution in [0.15, 0.2) is 46.9 Å². The van der Waals surface area contributed by atoms with Gasteiger partial charge in [0, 0.05) is 4.88 Å². The molecule has 0 aliphatic rings. The van der Waals surface area contributed by atoms with E-state index in [-0.39, 0.29) is 5.56 Å². The second kappa shape index (κ2) is 5.27. The van der Waals surface area contributed by atoms with Gasteiger partial charge in [-0.3, -0.25) is 5.43 Å². The molecular formula is C12H10N2O2S. The fourth-order valence-corrected chi connectivity index (χ4v) is 1.88. The lowest BCUT2D eigenvalue weighted by Crippen LogP contribution is -2.01. The first-order valence-corrected chi connectivity index (χ1v) is 5.80. The second-order valence-electron chi connectivity index (χ2n) is 3.24. The Balaban J connectivity index is 2.11. The SMILES string of the molecule is O=C(O)c1ccccc1N/N=C/c1cccs1. The molecule has 0 saturated carbocycles. The van der Waals surface area contributed by atoms with E-state index in [0.29, 0.717) is 5.69 Å². The molecular weight excluding hydrogens is 236 g/mol. The van der Waals surface area contributed by atoms with Gasteiger partial charge in [0.25, 0.3) is 0 Å². The topological polar surface area (TPSA) is 61.7 Å². The number of para-hydroxylation sites is 1. The van der Waals surface area contributed by atoms with E-state index in [9.17, 15) is 4.79 Å². The van der Waals surface area contributed by atoms with Gasteiger partial charge in [0.15, 0.2) is 0 Å². The summed E-state index contributed by atoms with van der Waals surface area (Å²) in [5, 5.41) is 14.9. The zero-order valence-electron chi connectivity index (χ0n) is 8.83. The third kappa shape index (κ3) is 2.92. The monoisotopic (exact) mass is 246 g/mol. The maximum Gasteiger partial charge on any atom is 0.337 e. The number of carboxylic acids is 1. The number of carbonyl (C=O) groups is 1. The van der Waals surface area contributed by atoms with Gasteiger partial charge in [-0.2, -0.15) is 5.10 Å². The number of nitrogens with one attached hydrogen (secondary N) is 1. The predicted octanol–water partition coefficient (Wildman–Crippen LogP) is 2.89. The van der Waals surface area contributed by atoms with Crippen LogP contribution in [0.3, 0.4) is 0 Å². The van der Waals surface area contributed by atoms with Crippen molar-refractivity contribution in [3.8, 4) is 0 Å². The molecule has 2 aromatic rings. The summed E-state index contributed by atoms with van der Waals surface area (Å²) in [7, 11) is 0. The minimum atomic E-state index is -0.973. The van der Waals surface area contributed by atoms with Gasteiger partial charge in [-0.15, -0.1) is 11.3 Å². The van der Waals surface area contributed by atoms with E-state index in [4.69, 9.17) is 5.11 Å². The van der Waals surface area contributed by atoms with Crippen molar-refractivity contribution in [1.82, 2.24) is 0 Å². The molecule has 0 bridgehead atoms. The van der Waals surface area contributed by atoms with Crippen LogP contribution in [0, 0.1) is 0 Å². The average Bonchev–Trinajstić information content (AvgIpc) is 2.82. The second-order valence-corrected chi connectivity index (χ2v) is 4.22. The van der Waals surface area contributed by atoms with Crippen LogP contribution in [-0.2, 0) is 0 Å². The first-order chi connectivity index (χ1) is 8.27. The molecule has 1 heterocycles. The Hall–Kier alpha value is -2.14. The highest BCUT2D eigenvalue weighted by atomic mass is 32.1. The van der Waals surface area contributed by atoms with Gasteiger partial charge in [0.2, 0.25) is 0 Å². The molecule has 2 rings (SSSR count). The first-order valence-electron chi connectivity index (χ1n) is 4.92. The van der Waals surface area contributed by atoms with Crippen LogP contribution < -0.4 is 5.43 Å². The van der Waals surface area contributed by atoms with Gasteiger partial charge in [-0.1, -0.05) is 18.2 Å². The number of thiophene rings is 1. The summed E-state index contributed by atoms with van der Waals surface area (Å²) in [6.45, 7) is 0. The number of carboxylic acid groups (broad SMARTS) is 1. The molecule has 0 amide bonds. The molecule has 0 atom stereocenters. The summed E-state index contributed by atoms with van der Waals surface area (Å²) >= 11 is 1.56. The number of hydrogen-bond acceptors (Lipinski definition) is 4. The van der Waals surface area contributed by atoms with Crippen molar-refractivity contribution in [2.75, 3.05) is 5.43 Å². The van der Waals surface area contributed by atoms with E-state index in [1.807, 2.05) is 17.5 Å². The van der Waals surface area contributed by atoms with Gasteiger partial charge in [-0.05, 0) is 23.6 Å². The predicted molar refractivity (Wildman–Crippen MR) is 68.9 cm³/mol. The summed E-state index contributed by atoms with van der Waals surface area (Å²) < 4.78 is 0. The Bertz CT molecular complexity index is 535. The molecule has 17 heavy (non-hydrogen) atoms. The van der Waals surface area contributed by atoms with Crippen molar-refractivity contribution in [2.45, 2.75) is 0 Å². The van der Waals surface area contributed by atoms with E-state index in [1.54, 1.807) is 35.8 Å². The number of benzene rings is 1. The van der Waals surface area contributed by atoms with Crippen molar-refractivity contribution in [1.29, 1.82) is 0 Å². The molecule has 0 unspecified atom stereocenters. The number of aromatic carboxylic acids is 1. The van der Waals surface area contributed by atoms with Crippen LogP contribution >= 0.6 is 11.3 Å². The smallest absolute Gasteiger partial charge is 0.337 e. The van der Waals surface area contributed by atoms with Crippen molar-refractivity contribution in [3.63, 3.8) is 0 Å². The van der Waals surface area contributed by atoms with Crippen LogP contribution in [0.2, 0.25) is 0 Å². The maximum atomic E-state index is 10.9. The van der Waals surface area contributed by atoms with Gasteiger partial charge in [-0.25, -0.2) is 4.79 Å². The summed E-state index contributed by atoms with van der Waals surface area (Å²) in [6.07, 6.45) is 1.66. The zero-order valence-corrected chi connectivity index (χ0v) is 9.65. The maximum absolute atomic E-state index is 10.9. The molecule has 0 fully saturated rings. The summed E-state index contributed by atoms with van der Waals surface area (Å²) in [5.74, 6) is -0.973. The van der Waals surface area contributed by atoms with Gasteiger partial charge < -0.3 is 5.11 Å². The van der Waals surface area contributed by atoms with E-state index in [1.165, 1.54) is 6.07 Å². The Morgan fingerprint density at radius 1 is 1.29 bits per heavy atom. The molecule has 2 N–H and O–H groups in total. The van der Waals surface area contributed by atoms with Crippen molar-refractivity contribution < 1.29 is 9.90 Å². The molecule has 5 heteroatoms. The van der Waals surface area contributed by atoms with Crippen LogP contribution in [-0.4, -0.2) is 17.3 Å². The summed E-state index contributed by atoms with van der Waals surface area (Å²) in [4.78, 5) is 11.9. The molecule has 86 valence electrons. The number of rotatable bonds is 4. The van der Waals surface area contributed by atoms with Gasteiger partial charge >= 0.3 is 5.97 Å². The quantitative estimate of drug-likeness (QED) is 0.644. The third-order valence-electron chi connectivity index (χ3n) is 2.08. The van der Waals surface area contributed by atoms with Crippen LogP contribution in [0.1, 0.15) is 15.2 Å². The number of anilines is 1. The minimum absolute atomic E-state index is 0.204. The lowest BCUT2D eigenvalue weighted by molar-refractivity contribution is 0.0698. The van der Waals surface area contributed by atoms with Gasteiger partial charge in [0.1, 0.15) is 0 Å². The Labute approximate surface area is 102 Å².